The molecule has 1 saturated heterocycles. The molecule has 1 aliphatic rings. The maximum atomic E-state index is 12.3. The average molecular weight is 326 g/mol. The van der Waals surface area contributed by atoms with Gasteiger partial charge in [0.05, 0.1) is 12.6 Å². The number of piperazine rings is 1. The minimum Gasteiger partial charge on any atom is -0.395 e. The lowest BCUT2D eigenvalue weighted by Crippen LogP contribution is -2.54. The van der Waals surface area contributed by atoms with Crippen LogP contribution in [0.5, 0.6) is 0 Å². The van der Waals surface area contributed by atoms with Crippen LogP contribution < -0.4 is 5.32 Å². The van der Waals surface area contributed by atoms with Gasteiger partial charge in [-0.1, -0.05) is 23.7 Å². The van der Waals surface area contributed by atoms with Gasteiger partial charge in [0.1, 0.15) is 0 Å². The third-order valence-electron chi connectivity index (χ3n) is 4.13. The molecule has 1 aromatic carbocycles. The van der Waals surface area contributed by atoms with Crippen LogP contribution in [0.1, 0.15) is 12.5 Å². The molecule has 1 aromatic rings. The molecule has 6 heteroatoms. The molecule has 0 saturated carbocycles. The molecule has 0 spiro atoms. The van der Waals surface area contributed by atoms with Crippen LogP contribution in [0.2, 0.25) is 5.02 Å². The first-order chi connectivity index (χ1) is 10.6. The van der Waals surface area contributed by atoms with Crippen molar-refractivity contribution >= 4 is 17.5 Å². The molecule has 0 bridgehead atoms. The Balaban J connectivity index is 1.76. The summed E-state index contributed by atoms with van der Waals surface area (Å²) in [6.07, 6.45) is 0. The van der Waals surface area contributed by atoms with Gasteiger partial charge in [-0.15, -0.1) is 0 Å². The van der Waals surface area contributed by atoms with E-state index in [0.29, 0.717) is 18.1 Å². The van der Waals surface area contributed by atoms with Gasteiger partial charge < -0.3 is 10.4 Å². The molecule has 1 amide bonds. The Morgan fingerprint density at radius 1 is 1.27 bits per heavy atom. The molecule has 1 atom stereocenters. The van der Waals surface area contributed by atoms with Gasteiger partial charge in [0.15, 0.2) is 0 Å². The van der Waals surface area contributed by atoms with E-state index in [1.54, 1.807) is 0 Å². The summed E-state index contributed by atoms with van der Waals surface area (Å²) in [5, 5.41) is 12.6. The summed E-state index contributed by atoms with van der Waals surface area (Å²) in [5.74, 6) is 0.0468. The highest BCUT2D eigenvalue weighted by atomic mass is 35.5. The van der Waals surface area contributed by atoms with Crippen LogP contribution in [0.15, 0.2) is 24.3 Å². The van der Waals surface area contributed by atoms with Gasteiger partial charge in [0.25, 0.3) is 0 Å². The summed E-state index contributed by atoms with van der Waals surface area (Å²) >= 11 is 5.85. The second-order valence-electron chi connectivity index (χ2n) is 5.62. The van der Waals surface area contributed by atoms with Crippen LogP contribution >= 0.6 is 11.6 Å². The molecule has 1 heterocycles. The van der Waals surface area contributed by atoms with Gasteiger partial charge in [0.2, 0.25) is 5.91 Å². The Bertz CT molecular complexity index is 473. The van der Waals surface area contributed by atoms with Crippen molar-refractivity contribution in [3.63, 3.8) is 0 Å². The first-order valence-corrected chi connectivity index (χ1v) is 8.07. The average Bonchev–Trinajstić information content (AvgIpc) is 2.54. The van der Waals surface area contributed by atoms with E-state index in [1.165, 1.54) is 0 Å². The minimum absolute atomic E-state index is 0.0468. The minimum atomic E-state index is -0.136. The number of aliphatic hydroxyl groups is 1. The van der Waals surface area contributed by atoms with Crippen molar-refractivity contribution in [2.24, 2.45) is 0 Å². The quantitative estimate of drug-likeness (QED) is 0.818. The van der Waals surface area contributed by atoms with Crippen molar-refractivity contribution in [1.82, 2.24) is 15.1 Å². The Labute approximate surface area is 136 Å². The van der Waals surface area contributed by atoms with Crippen molar-refractivity contribution < 1.29 is 9.90 Å². The SMILES string of the molecule is CC(C(=O)NCc1ccc(Cl)cc1)N1CCN(CCO)CC1. The normalized spacial score (nSPS) is 18.1. The van der Waals surface area contributed by atoms with Gasteiger partial charge in [-0.2, -0.15) is 0 Å². The zero-order chi connectivity index (χ0) is 15.9. The van der Waals surface area contributed by atoms with Crippen molar-refractivity contribution in [3.05, 3.63) is 34.9 Å². The first kappa shape index (κ1) is 17.2. The fraction of sp³-hybridized carbons (Fsp3) is 0.562. The first-order valence-electron chi connectivity index (χ1n) is 7.69. The summed E-state index contributed by atoms with van der Waals surface area (Å²) in [6.45, 7) is 6.88. The van der Waals surface area contributed by atoms with E-state index in [9.17, 15) is 4.79 Å². The van der Waals surface area contributed by atoms with Crippen LogP contribution in [-0.2, 0) is 11.3 Å². The van der Waals surface area contributed by atoms with Crippen molar-refractivity contribution in [2.75, 3.05) is 39.3 Å². The lowest BCUT2D eigenvalue weighted by molar-refractivity contribution is -0.126. The molecule has 0 aliphatic carbocycles. The molecular formula is C16H24ClN3O2. The number of carbonyl (C=O) groups excluding carboxylic acids is 1. The van der Waals surface area contributed by atoms with Gasteiger partial charge in [-0.3, -0.25) is 14.6 Å². The number of benzene rings is 1. The Hall–Kier alpha value is -1.14. The second kappa shape index (κ2) is 8.48. The second-order valence-corrected chi connectivity index (χ2v) is 6.06. The number of nitrogens with zero attached hydrogens (tertiary/aromatic N) is 2. The summed E-state index contributed by atoms with van der Waals surface area (Å²) in [7, 11) is 0. The molecule has 2 rings (SSSR count). The monoisotopic (exact) mass is 325 g/mol. The molecule has 0 radical (unpaired) electrons. The Morgan fingerprint density at radius 3 is 2.50 bits per heavy atom. The summed E-state index contributed by atoms with van der Waals surface area (Å²) < 4.78 is 0. The highest BCUT2D eigenvalue weighted by Gasteiger charge is 2.24. The van der Waals surface area contributed by atoms with Crippen LogP contribution in [0.3, 0.4) is 0 Å². The summed E-state index contributed by atoms with van der Waals surface area (Å²) in [5.41, 5.74) is 1.04. The molecule has 1 unspecified atom stereocenters. The van der Waals surface area contributed by atoms with E-state index >= 15 is 0 Å². The van der Waals surface area contributed by atoms with E-state index < -0.39 is 0 Å². The van der Waals surface area contributed by atoms with Gasteiger partial charge in [-0.25, -0.2) is 0 Å². The van der Waals surface area contributed by atoms with Gasteiger partial charge in [0, 0.05) is 44.3 Å². The number of carbonyl (C=O) groups is 1. The predicted molar refractivity (Wildman–Crippen MR) is 87.9 cm³/mol. The third-order valence-corrected chi connectivity index (χ3v) is 4.38. The number of rotatable bonds is 6. The van der Waals surface area contributed by atoms with E-state index in [4.69, 9.17) is 16.7 Å². The van der Waals surface area contributed by atoms with Crippen molar-refractivity contribution in [2.45, 2.75) is 19.5 Å². The lowest BCUT2D eigenvalue weighted by atomic mass is 10.2. The van der Waals surface area contributed by atoms with E-state index in [1.807, 2.05) is 31.2 Å². The summed E-state index contributed by atoms with van der Waals surface area (Å²) in [4.78, 5) is 16.7. The maximum Gasteiger partial charge on any atom is 0.237 e. The molecule has 5 nitrogen and oxygen atoms in total. The van der Waals surface area contributed by atoms with Crippen molar-refractivity contribution in [1.29, 1.82) is 0 Å². The number of nitrogens with one attached hydrogen (secondary N) is 1. The molecule has 2 N–H and O–H groups in total. The largest absolute Gasteiger partial charge is 0.395 e. The topological polar surface area (TPSA) is 55.8 Å². The lowest BCUT2D eigenvalue weighted by Gasteiger charge is -2.37. The number of hydrogen-bond acceptors (Lipinski definition) is 4. The van der Waals surface area contributed by atoms with Crippen LogP contribution in [0.25, 0.3) is 0 Å². The van der Waals surface area contributed by atoms with Crippen LogP contribution in [-0.4, -0.2) is 66.2 Å². The molecule has 122 valence electrons. The van der Waals surface area contributed by atoms with E-state index in [0.717, 1.165) is 31.7 Å². The highest BCUT2D eigenvalue weighted by molar-refractivity contribution is 6.30. The predicted octanol–water partition coefficient (Wildman–Crippen LogP) is 0.955. The number of amides is 1. The Kier molecular flexibility index (Phi) is 6.64. The number of halogens is 1. The number of hydrogen-bond donors (Lipinski definition) is 2. The zero-order valence-corrected chi connectivity index (χ0v) is 13.7. The highest BCUT2D eigenvalue weighted by Crippen LogP contribution is 2.10. The molecule has 0 aromatic heterocycles. The smallest absolute Gasteiger partial charge is 0.237 e. The fourth-order valence-corrected chi connectivity index (χ4v) is 2.75. The van der Waals surface area contributed by atoms with Gasteiger partial charge in [-0.05, 0) is 24.6 Å². The Morgan fingerprint density at radius 2 is 1.91 bits per heavy atom. The standard InChI is InChI=1S/C16H24ClN3O2/c1-13(20-8-6-19(7-9-20)10-11-21)16(22)18-12-14-2-4-15(17)5-3-14/h2-5,13,21H,6-12H2,1H3,(H,18,22). The molecule has 1 fully saturated rings. The zero-order valence-electron chi connectivity index (χ0n) is 13.0. The third kappa shape index (κ3) is 4.95. The maximum absolute atomic E-state index is 12.3. The van der Waals surface area contributed by atoms with Crippen molar-refractivity contribution in [3.8, 4) is 0 Å². The molecule has 1 aliphatic heterocycles. The van der Waals surface area contributed by atoms with Gasteiger partial charge >= 0.3 is 0 Å². The van der Waals surface area contributed by atoms with E-state index in [-0.39, 0.29) is 18.6 Å². The van der Waals surface area contributed by atoms with Crippen LogP contribution in [0.4, 0.5) is 0 Å². The van der Waals surface area contributed by atoms with Crippen LogP contribution in [0, 0.1) is 0 Å². The fourth-order valence-electron chi connectivity index (χ4n) is 2.62. The number of β-amino-alcohol motifs (C(OH)–C–C–N with tert-alkyl or cyclic N) is 1. The number of aliphatic hydroxyl groups excluding tert-OH is 1. The van der Waals surface area contributed by atoms with E-state index in [2.05, 4.69) is 15.1 Å². The molecule has 22 heavy (non-hydrogen) atoms. The molecular weight excluding hydrogens is 302 g/mol. The summed E-state index contributed by atoms with van der Waals surface area (Å²) in [6, 6.07) is 7.35.